The fraction of sp³-hybridized carbons (Fsp3) is 0.909. The van der Waals surface area contributed by atoms with Gasteiger partial charge in [-0.05, 0) is 36.5 Å². The van der Waals surface area contributed by atoms with Crippen molar-refractivity contribution in [3.63, 3.8) is 0 Å². The lowest BCUT2D eigenvalue weighted by Gasteiger charge is -2.30. The van der Waals surface area contributed by atoms with Crippen molar-refractivity contribution in [2.24, 2.45) is 22.2 Å². The largest absolute Gasteiger partial charge is 0.356 e. The highest BCUT2D eigenvalue weighted by Crippen LogP contribution is 2.33. The summed E-state index contributed by atoms with van der Waals surface area (Å²) in [6, 6.07) is 0. The fourth-order valence-corrected chi connectivity index (χ4v) is 3.05. The summed E-state index contributed by atoms with van der Waals surface area (Å²) in [6.07, 6.45) is 5.33. The first kappa shape index (κ1) is 24.1. The van der Waals surface area contributed by atoms with E-state index in [1.165, 1.54) is 0 Å². The van der Waals surface area contributed by atoms with Crippen molar-refractivity contribution >= 4 is 11.7 Å². The van der Waals surface area contributed by atoms with Crippen molar-refractivity contribution in [1.82, 2.24) is 5.32 Å². The van der Waals surface area contributed by atoms with Crippen LogP contribution >= 0.6 is 0 Å². The van der Waals surface area contributed by atoms with Crippen molar-refractivity contribution in [2.75, 3.05) is 6.54 Å². The van der Waals surface area contributed by atoms with Crippen LogP contribution < -0.4 is 5.32 Å². The maximum atomic E-state index is 12.6. The lowest BCUT2D eigenvalue weighted by Crippen LogP contribution is -2.35. The van der Waals surface area contributed by atoms with Gasteiger partial charge in [-0.1, -0.05) is 68.7 Å². The van der Waals surface area contributed by atoms with Crippen LogP contribution in [0.5, 0.6) is 0 Å². The Morgan fingerprint density at radius 3 is 1.64 bits per heavy atom. The Morgan fingerprint density at radius 1 is 0.760 bits per heavy atom. The van der Waals surface area contributed by atoms with Gasteiger partial charge in [0.15, 0.2) is 0 Å². The van der Waals surface area contributed by atoms with E-state index in [-0.39, 0.29) is 28.1 Å². The minimum Gasteiger partial charge on any atom is -0.356 e. The van der Waals surface area contributed by atoms with Gasteiger partial charge in [-0.3, -0.25) is 9.59 Å². The van der Waals surface area contributed by atoms with Crippen LogP contribution in [0.15, 0.2) is 0 Å². The van der Waals surface area contributed by atoms with E-state index >= 15 is 0 Å². The first-order chi connectivity index (χ1) is 11.1. The predicted molar refractivity (Wildman–Crippen MR) is 108 cm³/mol. The quantitative estimate of drug-likeness (QED) is 0.535. The summed E-state index contributed by atoms with van der Waals surface area (Å²) in [4.78, 5) is 24.5. The third-order valence-corrected chi connectivity index (χ3v) is 4.30. The Bertz CT molecular complexity index is 403. The van der Waals surface area contributed by atoms with Gasteiger partial charge in [0.1, 0.15) is 5.78 Å². The molecule has 0 fully saturated rings. The molecule has 0 aliphatic rings. The second-order valence-corrected chi connectivity index (χ2v) is 11.0. The summed E-state index contributed by atoms with van der Waals surface area (Å²) in [5, 5.41) is 3.12. The average molecular weight is 354 g/mol. The summed E-state index contributed by atoms with van der Waals surface area (Å²) in [5.74, 6) is 0.588. The number of carbonyl (C=O) groups excluding carboxylic acids is 2. The number of unbranched alkanes of at least 4 members (excludes halogenated alkanes) is 2. The molecule has 0 atom stereocenters. The van der Waals surface area contributed by atoms with E-state index in [4.69, 9.17) is 0 Å². The number of nitrogens with one attached hydrogen (secondary N) is 1. The van der Waals surface area contributed by atoms with Crippen LogP contribution in [0.4, 0.5) is 0 Å². The molecular weight excluding hydrogens is 310 g/mol. The van der Waals surface area contributed by atoms with E-state index in [0.717, 1.165) is 32.1 Å². The van der Waals surface area contributed by atoms with Crippen LogP contribution in [0, 0.1) is 22.2 Å². The summed E-state index contributed by atoms with van der Waals surface area (Å²) >= 11 is 0. The number of Topliss-reactive ketones (excluding diaryl/α,β-unsaturated/α-hetero) is 1. The highest BCUT2D eigenvalue weighted by molar-refractivity contribution is 5.83. The zero-order chi connectivity index (χ0) is 19.9. The predicted octanol–water partition coefficient (Wildman–Crippen LogP) is 5.77. The van der Waals surface area contributed by atoms with E-state index < -0.39 is 0 Å². The summed E-state index contributed by atoms with van der Waals surface area (Å²) in [5.41, 5.74) is 0.0719. The van der Waals surface area contributed by atoms with Crippen LogP contribution in [-0.4, -0.2) is 18.2 Å². The van der Waals surface area contributed by atoms with Crippen molar-refractivity contribution in [3.8, 4) is 0 Å². The lowest BCUT2D eigenvalue weighted by molar-refractivity contribution is -0.127. The Morgan fingerprint density at radius 2 is 1.24 bits per heavy atom. The molecule has 0 aromatic heterocycles. The van der Waals surface area contributed by atoms with Gasteiger partial charge in [0.2, 0.25) is 5.91 Å². The molecule has 148 valence electrons. The topological polar surface area (TPSA) is 46.2 Å². The molecule has 0 saturated heterocycles. The number of hydrogen-bond donors (Lipinski definition) is 1. The molecule has 1 amide bonds. The van der Waals surface area contributed by atoms with Crippen LogP contribution in [0.3, 0.4) is 0 Å². The fourth-order valence-electron chi connectivity index (χ4n) is 3.05. The van der Waals surface area contributed by atoms with Gasteiger partial charge >= 0.3 is 0 Å². The normalized spacial score (nSPS) is 13.2. The van der Waals surface area contributed by atoms with E-state index in [1.807, 2.05) is 20.8 Å². The van der Waals surface area contributed by atoms with Crippen LogP contribution in [0.2, 0.25) is 0 Å². The Balaban J connectivity index is 4.24. The minimum absolute atomic E-state index is 0.0717. The molecule has 0 heterocycles. The summed E-state index contributed by atoms with van der Waals surface area (Å²) < 4.78 is 0. The standard InChI is InChI=1S/C22H43NO2/c1-20(2,3)15-17(16-21(4,5)6)19(25)23-14-12-10-11-13-18(24)22(7,8)9/h17H,10-16H2,1-9H3,(H,23,25). The molecule has 0 spiro atoms. The first-order valence-corrected chi connectivity index (χ1v) is 9.93. The molecule has 0 aliphatic heterocycles. The first-order valence-electron chi connectivity index (χ1n) is 9.93. The van der Waals surface area contributed by atoms with Crippen LogP contribution in [0.25, 0.3) is 0 Å². The smallest absolute Gasteiger partial charge is 0.223 e. The van der Waals surface area contributed by atoms with Gasteiger partial charge in [0.05, 0.1) is 0 Å². The molecule has 3 heteroatoms. The minimum atomic E-state index is -0.235. The van der Waals surface area contributed by atoms with Crippen molar-refractivity contribution in [1.29, 1.82) is 0 Å². The highest BCUT2D eigenvalue weighted by Gasteiger charge is 2.28. The second kappa shape index (κ2) is 9.73. The molecule has 0 bridgehead atoms. The Labute approximate surface area is 156 Å². The highest BCUT2D eigenvalue weighted by atomic mass is 16.2. The molecule has 0 aromatic carbocycles. The van der Waals surface area contributed by atoms with Gasteiger partial charge in [-0.25, -0.2) is 0 Å². The van der Waals surface area contributed by atoms with Crippen molar-refractivity contribution in [3.05, 3.63) is 0 Å². The average Bonchev–Trinajstić information content (AvgIpc) is 2.37. The zero-order valence-electron chi connectivity index (χ0n) is 18.3. The SMILES string of the molecule is CC(C)(C)CC(CC(C)(C)C)C(=O)NCCCCCC(=O)C(C)(C)C. The Kier molecular flexibility index (Phi) is 9.40. The second-order valence-electron chi connectivity index (χ2n) is 11.0. The van der Waals surface area contributed by atoms with E-state index in [9.17, 15) is 9.59 Å². The van der Waals surface area contributed by atoms with Crippen molar-refractivity contribution in [2.45, 2.75) is 101 Å². The summed E-state index contributed by atoms with van der Waals surface area (Å²) in [6.45, 7) is 19.8. The van der Waals surface area contributed by atoms with Crippen LogP contribution in [0.1, 0.15) is 101 Å². The molecule has 3 nitrogen and oxygen atoms in total. The van der Waals surface area contributed by atoms with E-state index in [2.05, 4.69) is 46.9 Å². The molecule has 0 unspecified atom stereocenters. The van der Waals surface area contributed by atoms with Gasteiger partial charge in [-0.15, -0.1) is 0 Å². The van der Waals surface area contributed by atoms with E-state index in [0.29, 0.717) is 18.7 Å². The van der Waals surface area contributed by atoms with Crippen molar-refractivity contribution < 1.29 is 9.59 Å². The zero-order valence-corrected chi connectivity index (χ0v) is 18.3. The molecule has 0 aromatic rings. The number of ketones is 1. The molecule has 1 N–H and O–H groups in total. The molecule has 25 heavy (non-hydrogen) atoms. The van der Waals surface area contributed by atoms with Gasteiger partial charge in [0, 0.05) is 24.3 Å². The maximum absolute atomic E-state index is 12.6. The Hall–Kier alpha value is -0.860. The number of rotatable bonds is 9. The number of carbonyl (C=O) groups is 2. The van der Waals surface area contributed by atoms with Gasteiger partial charge < -0.3 is 5.32 Å². The molecule has 0 rings (SSSR count). The van der Waals surface area contributed by atoms with Gasteiger partial charge in [0.25, 0.3) is 0 Å². The summed E-state index contributed by atoms with van der Waals surface area (Å²) in [7, 11) is 0. The van der Waals surface area contributed by atoms with Crippen LogP contribution in [-0.2, 0) is 9.59 Å². The number of amides is 1. The molecule has 0 radical (unpaired) electrons. The lowest BCUT2D eigenvalue weighted by atomic mass is 9.76. The molecular formula is C22H43NO2. The number of hydrogen-bond acceptors (Lipinski definition) is 2. The maximum Gasteiger partial charge on any atom is 0.223 e. The monoisotopic (exact) mass is 353 g/mol. The van der Waals surface area contributed by atoms with E-state index in [1.54, 1.807) is 0 Å². The molecule has 0 saturated carbocycles. The van der Waals surface area contributed by atoms with Gasteiger partial charge in [-0.2, -0.15) is 0 Å². The third kappa shape index (κ3) is 13.1. The molecule has 0 aliphatic carbocycles. The third-order valence-electron chi connectivity index (χ3n) is 4.30.